The molecule has 0 unspecified atom stereocenters. The first-order valence-electron chi connectivity index (χ1n) is 7.87. The monoisotopic (exact) mass is 351 g/mol. The molecule has 26 heavy (non-hydrogen) atoms. The number of anilines is 2. The van der Waals surface area contributed by atoms with E-state index >= 15 is 0 Å². The number of amides is 1. The van der Waals surface area contributed by atoms with Crippen LogP contribution in [0.1, 0.15) is 10.6 Å². The largest absolute Gasteiger partial charge is 0.451 e. The van der Waals surface area contributed by atoms with Gasteiger partial charge in [0.2, 0.25) is 0 Å². The van der Waals surface area contributed by atoms with Crippen molar-refractivity contribution in [1.29, 1.82) is 0 Å². The van der Waals surface area contributed by atoms with Crippen molar-refractivity contribution in [2.45, 2.75) is 0 Å². The van der Waals surface area contributed by atoms with Crippen LogP contribution in [-0.2, 0) is 0 Å². The Morgan fingerprint density at radius 1 is 1.00 bits per heavy atom. The third-order valence-electron chi connectivity index (χ3n) is 3.83. The van der Waals surface area contributed by atoms with Gasteiger partial charge in [0.25, 0.3) is 11.6 Å². The molecule has 3 rings (SSSR count). The topological polar surface area (TPSA) is 88.6 Å². The summed E-state index contributed by atoms with van der Waals surface area (Å²) in [5, 5.41) is 13.5. The SMILES string of the molecule is CN(C)c1ccc(NC(=O)c2ccc(-c3ccc([N+](=O)[O-])cc3)o2)cc1. The zero-order valence-electron chi connectivity index (χ0n) is 14.3. The van der Waals surface area contributed by atoms with E-state index in [2.05, 4.69) is 5.32 Å². The zero-order valence-corrected chi connectivity index (χ0v) is 14.3. The third kappa shape index (κ3) is 3.72. The van der Waals surface area contributed by atoms with Crippen molar-refractivity contribution in [3.8, 4) is 11.3 Å². The molecule has 7 heteroatoms. The summed E-state index contributed by atoms with van der Waals surface area (Å²) >= 11 is 0. The Labute approximate surface area is 150 Å². The number of carbonyl (C=O) groups is 1. The second kappa shape index (κ2) is 7.10. The molecule has 0 bridgehead atoms. The molecule has 0 spiro atoms. The average Bonchev–Trinajstić information content (AvgIpc) is 3.12. The fourth-order valence-electron chi connectivity index (χ4n) is 2.40. The minimum absolute atomic E-state index is 0.000515. The molecule has 3 aromatic rings. The van der Waals surface area contributed by atoms with Crippen LogP contribution < -0.4 is 10.2 Å². The van der Waals surface area contributed by atoms with E-state index in [1.807, 2.05) is 43.3 Å². The number of nitro groups is 1. The van der Waals surface area contributed by atoms with E-state index < -0.39 is 4.92 Å². The van der Waals surface area contributed by atoms with Crippen LogP contribution in [0.4, 0.5) is 17.1 Å². The van der Waals surface area contributed by atoms with E-state index in [1.54, 1.807) is 24.3 Å². The van der Waals surface area contributed by atoms with Crippen molar-refractivity contribution >= 4 is 23.0 Å². The predicted molar refractivity (Wildman–Crippen MR) is 99.5 cm³/mol. The minimum atomic E-state index is -0.466. The average molecular weight is 351 g/mol. The number of hydrogen-bond donors (Lipinski definition) is 1. The second-order valence-corrected chi connectivity index (χ2v) is 5.86. The van der Waals surface area contributed by atoms with Crippen LogP contribution in [0.15, 0.2) is 65.1 Å². The molecule has 1 amide bonds. The number of nitrogens with one attached hydrogen (secondary N) is 1. The molecule has 0 saturated carbocycles. The lowest BCUT2D eigenvalue weighted by molar-refractivity contribution is -0.384. The highest BCUT2D eigenvalue weighted by Crippen LogP contribution is 2.25. The highest BCUT2D eigenvalue weighted by atomic mass is 16.6. The summed E-state index contributed by atoms with van der Waals surface area (Å²) in [6, 6.07) is 16.6. The normalized spacial score (nSPS) is 10.4. The Kier molecular flexibility index (Phi) is 4.70. The van der Waals surface area contributed by atoms with Gasteiger partial charge in [-0.3, -0.25) is 14.9 Å². The standard InChI is InChI=1S/C19H17N3O4/c1-21(2)15-9-5-14(6-10-15)20-19(23)18-12-11-17(26-18)13-3-7-16(8-4-13)22(24)25/h3-12H,1-2H3,(H,20,23). The molecule has 7 nitrogen and oxygen atoms in total. The summed E-state index contributed by atoms with van der Waals surface area (Å²) in [7, 11) is 3.88. The molecule has 0 radical (unpaired) electrons. The van der Waals surface area contributed by atoms with Gasteiger partial charge in [0.15, 0.2) is 5.76 Å². The van der Waals surface area contributed by atoms with Crippen molar-refractivity contribution in [1.82, 2.24) is 0 Å². The fraction of sp³-hybridized carbons (Fsp3) is 0.105. The van der Waals surface area contributed by atoms with Crippen molar-refractivity contribution in [3.05, 3.63) is 76.5 Å². The first kappa shape index (κ1) is 17.2. The molecule has 1 heterocycles. The number of carbonyl (C=O) groups excluding carboxylic acids is 1. The maximum absolute atomic E-state index is 12.3. The number of nitro benzene ring substituents is 1. The van der Waals surface area contributed by atoms with Crippen LogP contribution in [0.5, 0.6) is 0 Å². The lowest BCUT2D eigenvalue weighted by Crippen LogP contribution is -2.11. The molecular weight excluding hydrogens is 334 g/mol. The number of non-ortho nitro benzene ring substituents is 1. The van der Waals surface area contributed by atoms with Crippen LogP contribution in [0.25, 0.3) is 11.3 Å². The molecule has 0 aliphatic carbocycles. The van der Waals surface area contributed by atoms with Gasteiger partial charge in [-0.2, -0.15) is 0 Å². The van der Waals surface area contributed by atoms with Gasteiger partial charge in [-0.25, -0.2) is 0 Å². The van der Waals surface area contributed by atoms with E-state index in [0.29, 0.717) is 17.0 Å². The number of furan rings is 1. The van der Waals surface area contributed by atoms with Crippen molar-refractivity contribution in [2.24, 2.45) is 0 Å². The number of benzene rings is 2. The Hall–Kier alpha value is -3.61. The van der Waals surface area contributed by atoms with E-state index in [4.69, 9.17) is 4.42 Å². The molecule has 0 saturated heterocycles. The van der Waals surface area contributed by atoms with E-state index in [-0.39, 0.29) is 17.4 Å². The van der Waals surface area contributed by atoms with Crippen molar-refractivity contribution in [3.63, 3.8) is 0 Å². The molecule has 2 aromatic carbocycles. The Bertz CT molecular complexity index is 928. The van der Waals surface area contributed by atoms with Crippen molar-refractivity contribution in [2.75, 3.05) is 24.3 Å². The molecule has 132 valence electrons. The lowest BCUT2D eigenvalue weighted by Gasteiger charge is -2.12. The van der Waals surface area contributed by atoms with Gasteiger partial charge >= 0.3 is 0 Å². The van der Waals surface area contributed by atoms with Gasteiger partial charge in [-0.1, -0.05) is 0 Å². The first-order valence-corrected chi connectivity index (χ1v) is 7.87. The fourth-order valence-corrected chi connectivity index (χ4v) is 2.40. The minimum Gasteiger partial charge on any atom is -0.451 e. The van der Waals surface area contributed by atoms with Gasteiger partial charge in [-0.05, 0) is 48.5 Å². The molecule has 0 fully saturated rings. The lowest BCUT2D eigenvalue weighted by atomic mass is 10.1. The Morgan fingerprint density at radius 3 is 2.23 bits per heavy atom. The molecule has 0 aliphatic rings. The van der Waals surface area contributed by atoms with E-state index in [9.17, 15) is 14.9 Å². The van der Waals surface area contributed by atoms with Crippen LogP contribution in [0.2, 0.25) is 0 Å². The summed E-state index contributed by atoms with van der Waals surface area (Å²) in [5.41, 5.74) is 2.35. The van der Waals surface area contributed by atoms with Crippen LogP contribution in [0, 0.1) is 10.1 Å². The molecule has 0 atom stereocenters. The van der Waals surface area contributed by atoms with Gasteiger partial charge < -0.3 is 14.6 Å². The quantitative estimate of drug-likeness (QED) is 0.550. The third-order valence-corrected chi connectivity index (χ3v) is 3.83. The predicted octanol–water partition coefficient (Wildman–Crippen LogP) is 4.17. The maximum Gasteiger partial charge on any atom is 0.291 e. The highest BCUT2D eigenvalue weighted by Gasteiger charge is 2.13. The van der Waals surface area contributed by atoms with Gasteiger partial charge in [0.05, 0.1) is 4.92 Å². The summed E-state index contributed by atoms with van der Waals surface area (Å²) in [6.45, 7) is 0. The van der Waals surface area contributed by atoms with Crippen LogP contribution in [-0.4, -0.2) is 24.9 Å². The van der Waals surface area contributed by atoms with Gasteiger partial charge in [0.1, 0.15) is 5.76 Å². The number of hydrogen-bond acceptors (Lipinski definition) is 5. The maximum atomic E-state index is 12.3. The Morgan fingerprint density at radius 2 is 1.65 bits per heavy atom. The summed E-state index contributed by atoms with van der Waals surface area (Å²) in [6.07, 6.45) is 0. The van der Waals surface area contributed by atoms with Crippen LogP contribution >= 0.6 is 0 Å². The summed E-state index contributed by atoms with van der Waals surface area (Å²) in [5.74, 6) is 0.263. The van der Waals surface area contributed by atoms with E-state index in [0.717, 1.165) is 5.69 Å². The molecular formula is C19H17N3O4. The molecule has 1 N–H and O–H groups in total. The smallest absolute Gasteiger partial charge is 0.291 e. The van der Waals surface area contributed by atoms with Gasteiger partial charge in [0, 0.05) is 43.2 Å². The number of nitrogens with zero attached hydrogens (tertiary/aromatic N) is 2. The summed E-state index contributed by atoms with van der Waals surface area (Å²) in [4.78, 5) is 24.5. The van der Waals surface area contributed by atoms with Crippen molar-refractivity contribution < 1.29 is 14.1 Å². The van der Waals surface area contributed by atoms with Gasteiger partial charge in [-0.15, -0.1) is 0 Å². The highest BCUT2D eigenvalue weighted by molar-refractivity contribution is 6.02. The number of rotatable bonds is 5. The second-order valence-electron chi connectivity index (χ2n) is 5.86. The molecule has 0 aliphatic heterocycles. The first-order chi connectivity index (χ1) is 12.4. The molecule has 1 aromatic heterocycles. The Balaban J connectivity index is 1.72. The summed E-state index contributed by atoms with van der Waals surface area (Å²) < 4.78 is 5.58. The zero-order chi connectivity index (χ0) is 18.7. The van der Waals surface area contributed by atoms with Crippen LogP contribution in [0.3, 0.4) is 0 Å². The van der Waals surface area contributed by atoms with E-state index in [1.165, 1.54) is 12.1 Å².